The summed E-state index contributed by atoms with van der Waals surface area (Å²) in [6.45, 7) is 2.06. The number of halogens is 1. The normalized spacial score (nSPS) is 14.2. The van der Waals surface area contributed by atoms with Crippen LogP contribution in [0.15, 0.2) is 36.5 Å². The number of aromatic amines is 1. The molecule has 1 saturated heterocycles. The third-order valence-corrected chi connectivity index (χ3v) is 2.33. The van der Waals surface area contributed by atoms with Crippen molar-refractivity contribution >= 4 is 11.6 Å². The molecule has 0 aliphatic carbocycles. The van der Waals surface area contributed by atoms with Gasteiger partial charge in [-0.2, -0.15) is 0 Å². The van der Waals surface area contributed by atoms with Crippen molar-refractivity contribution in [1.82, 2.24) is 9.97 Å². The highest BCUT2D eigenvalue weighted by Gasteiger charge is 1.99. The Balaban J connectivity index is 0.000000181. The maximum absolute atomic E-state index is 5.67. The van der Waals surface area contributed by atoms with Crippen LogP contribution in [0.1, 0.15) is 0 Å². The predicted octanol–water partition coefficient (Wildman–Crippen LogP) is 2.72. The van der Waals surface area contributed by atoms with E-state index < -0.39 is 0 Å². The van der Waals surface area contributed by atoms with E-state index in [9.17, 15) is 0 Å². The van der Waals surface area contributed by atoms with Crippen LogP contribution < -0.4 is 0 Å². The van der Waals surface area contributed by atoms with E-state index in [0.29, 0.717) is 11.9 Å². The van der Waals surface area contributed by atoms with Crippen LogP contribution in [0.2, 0.25) is 5.15 Å². The zero-order chi connectivity index (χ0) is 11.9. The Hall–Kier alpha value is -1.36. The molecule has 17 heavy (non-hydrogen) atoms. The maximum atomic E-state index is 5.67. The topological polar surface area (TPSA) is 47.1 Å². The van der Waals surface area contributed by atoms with E-state index in [4.69, 9.17) is 21.1 Å². The second-order valence-corrected chi connectivity index (χ2v) is 3.76. The van der Waals surface area contributed by atoms with E-state index in [2.05, 4.69) is 9.97 Å². The quantitative estimate of drug-likeness (QED) is 0.849. The van der Waals surface area contributed by atoms with Gasteiger partial charge in [-0.05, 0) is 0 Å². The standard InChI is InChI=1S/C9H7ClN2.C3H6O2/c10-8-6-11-9(12-8)7-4-2-1-3-5-7;1-2-5-3-4-1/h1-6H,(H,11,12);1-3H2. The summed E-state index contributed by atoms with van der Waals surface area (Å²) in [7, 11) is 0. The largest absolute Gasteiger partial charge is 0.353 e. The number of rotatable bonds is 1. The fourth-order valence-electron chi connectivity index (χ4n) is 1.34. The summed E-state index contributed by atoms with van der Waals surface area (Å²) in [5.74, 6) is 0.806. The Bertz CT molecular complexity index is 433. The summed E-state index contributed by atoms with van der Waals surface area (Å²) >= 11 is 5.67. The van der Waals surface area contributed by atoms with E-state index in [1.807, 2.05) is 30.3 Å². The molecule has 0 radical (unpaired) electrons. The van der Waals surface area contributed by atoms with Gasteiger partial charge >= 0.3 is 0 Å². The Labute approximate surface area is 105 Å². The van der Waals surface area contributed by atoms with E-state index in [0.717, 1.165) is 24.6 Å². The van der Waals surface area contributed by atoms with Gasteiger partial charge in [-0.15, -0.1) is 0 Å². The number of nitrogens with one attached hydrogen (secondary N) is 1. The summed E-state index contributed by atoms with van der Waals surface area (Å²) < 4.78 is 9.44. The zero-order valence-electron chi connectivity index (χ0n) is 9.23. The summed E-state index contributed by atoms with van der Waals surface area (Å²) in [5, 5.41) is 0.494. The Morgan fingerprint density at radius 1 is 1.12 bits per heavy atom. The average molecular weight is 253 g/mol. The third-order valence-electron chi connectivity index (χ3n) is 2.13. The smallest absolute Gasteiger partial charge is 0.147 e. The van der Waals surface area contributed by atoms with Crippen LogP contribution in [0, 0.1) is 0 Å². The minimum Gasteiger partial charge on any atom is -0.353 e. The van der Waals surface area contributed by atoms with E-state index in [1.165, 1.54) is 0 Å². The van der Waals surface area contributed by atoms with Crippen molar-refractivity contribution in [3.8, 4) is 11.4 Å². The first-order chi connectivity index (χ1) is 8.36. The summed E-state index contributed by atoms with van der Waals surface area (Å²) in [4.78, 5) is 7.07. The van der Waals surface area contributed by atoms with Crippen LogP contribution in [0.5, 0.6) is 0 Å². The molecular weight excluding hydrogens is 240 g/mol. The molecule has 0 bridgehead atoms. The van der Waals surface area contributed by atoms with Gasteiger partial charge < -0.3 is 14.5 Å². The first-order valence-electron chi connectivity index (χ1n) is 5.28. The molecular formula is C12H13ClN2O2. The number of benzene rings is 1. The van der Waals surface area contributed by atoms with Gasteiger partial charge in [-0.1, -0.05) is 41.9 Å². The maximum Gasteiger partial charge on any atom is 0.147 e. The Morgan fingerprint density at radius 2 is 1.82 bits per heavy atom. The van der Waals surface area contributed by atoms with Gasteiger partial charge in [-0.25, -0.2) is 4.98 Å². The Kier molecular flexibility index (Phi) is 4.55. The van der Waals surface area contributed by atoms with Crippen molar-refractivity contribution in [2.75, 3.05) is 20.0 Å². The van der Waals surface area contributed by atoms with Crippen molar-refractivity contribution in [3.05, 3.63) is 41.7 Å². The van der Waals surface area contributed by atoms with Crippen LogP contribution in [0.4, 0.5) is 0 Å². The molecule has 3 rings (SSSR count). The molecule has 0 spiro atoms. The molecule has 5 heteroatoms. The van der Waals surface area contributed by atoms with Gasteiger partial charge in [0.1, 0.15) is 17.8 Å². The highest BCUT2D eigenvalue weighted by molar-refractivity contribution is 6.29. The molecule has 90 valence electrons. The zero-order valence-corrected chi connectivity index (χ0v) is 9.98. The van der Waals surface area contributed by atoms with Gasteiger partial charge in [0.05, 0.1) is 13.2 Å². The van der Waals surface area contributed by atoms with Crippen LogP contribution >= 0.6 is 11.6 Å². The first kappa shape index (κ1) is 12.1. The number of imidazole rings is 1. The van der Waals surface area contributed by atoms with Crippen molar-refractivity contribution in [2.24, 2.45) is 0 Å². The molecule has 1 aliphatic heterocycles. The van der Waals surface area contributed by atoms with Gasteiger partial charge in [0.2, 0.25) is 0 Å². The minimum absolute atomic E-state index is 0.494. The molecule has 0 unspecified atom stereocenters. The van der Waals surface area contributed by atoms with Gasteiger partial charge in [0, 0.05) is 11.8 Å². The number of hydrogen-bond acceptors (Lipinski definition) is 3. The predicted molar refractivity (Wildman–Crippen MR) is 65.8 cm³/mol. The monoisotopic (exact) mass is 252 g/mol. The molecule has 1 aromatic carbocycles. The van der Waals surface area contributed by atoms with Crippen molar-refractivity contribution < 1.29 is 9.47 Å². The fraction of sp³-hybridized carbons (Fsp3) is 0.250. The van der Waals surface area contributed by atoms with E-state index in [-0.39, 0.29) is 0 Å². The van der Waals surface area contributed by atoms with Gasteiger partial charge in [0.15, 0.2) is 0 Å². The van der Waals surface area contributed by atoms with Crippen molar-refractivity contribution in [3.63, 3.8) is 0 Å². The average Bonchev–Trinajstić information content (AvgIpc) is 3.04. The first-order valence-corrected chi connectivity index (χ1v) is 5.66. The number of ether oxygens (including phenoxy) is 2. The van der Waals surface area contributed by atoms with E-state index >= 15 is 0 Å². The second kappa shape index (κ2) is 6.39. The number of aromatic nitrogens is 2. The fourth-order valence-corrected chi connectivity index (χ4v) is 1.48. The second-order valence-electron chi connectivity index (χ2n) is 3.37. The summed E-state index contributed by atoms with van der Waals surface area (Å²) in [6.07, 6.45) is 1.67. The molecule has 2 aromatic rings. The molecule has 1 fully saturated rings. The van der Waals surface area contributed by atoms with Gasteiger partial charge in [-0.3, -0.25) is 0 Å². The molecule has 1 N–H and O–H groups in total. The molecule has 1 aliphatic rings. The molecule has 0 atom stereocenters. The molecule has 0 saturated carbocycles. The highest BCUT2D eigenvalue weighted by atomic mass is 35.5. The summed E-state index contributed by atoms with van der Waals surface area (Å²) in [5.41, 5.74) is 1.05. The molecule has 1 aromatic heterocycles. The van der Waals surface area contributed by atoms with Gasteiger partial charge in [0.25, 0.3) is 0 Å². The lowest BCUT2D eigenvalue weighted by Gasteiger charge is -1.92. The Morgan fingerprint density at radius 3 is 2.29 bits per heavy atom. The number of nitrogens with zero attached hydrogens (tertiary/aromatic N) is 1. The molecule has 0 amide bonds. The lowest BCUT2D eigenvalue weighted by atomic mass is 10.2. The molecule has 4 nitrogen and oxygen atoms in total. The van der Waals surface area contributed by atoms with Crippen molar-refractivity contribution in [2.45, 2.75) is 0 Å². The van der Waals surface area contributed by atoms with Crippen LogP contribution in [0.3, 0.4) is 0 Å². The lowest BCUT2D eigenvalue weighted by Crippen LogP contribution is -1.79. The van der Waals surface area contributed by atoms with Crippen LogP contribution in [0.25, 0.3) is 11.4 Å². The van der Waals surface area contributed by atoms with Crippen LogP contribution in [-0.2, 0) is 9.47 Å². The number of hydrogen-bond donors (Lipinski definition) is 1. The number of H-pyrrole nitrogens is 1. The van der Waals surface area contributed by atoms with Crippen molar-refractivity contribution in [1.29, 1.82) is 0 Å². The third kappa shape index (κ3) is 3.85. The molecule has 2 heterocycles. The minimum atomic E-state index is 0.494. The highest BCUT2D eigenvalue weighted by Crippen LogP contribution is 2.16. The lowest BCUT2D eigenvalue weighted by molar-refractivity contribution is 0.0692. The SMILES string of the molecule is C1COCO1.Clc1c[nH]c(-c2ccccc2)n1. The summed E-state index contributed by atoms with van der Waals surface area (Å²) in [6, 6.07) is 9.86. The van der Waals surface area contributed by atoms with Crippen LogP contribution in [-0.4, -0.2) is 30.0 Å². The van der Waals surface area contributed by atoms with E-state index in [1.54, 1.807) is 6.20 Å².